The van der Waals surface area contributed by atoms with Gasteiger partial charge in [0.2, 0.25) is 0 Å². The molecule has 0 atom stereocenters. The van der Waals surface area contributed by atoms with Gasteiger partial charge in [0.05, 0.1) is 10.4 Å². The van der Waals surface area contributed by atoms with Gasteiger partial charge in [-0.1, -0.05) is 35.9 Å². The molecule has 0 aliphatic rings. The van der Waals surface area contributed by atoms with Gasteiger partial charge in [0.1, 0.15) is 0 Å². The maximum absolute atomic E-state index is 4.45. The van der Waals surface area contributed by atoms with Crippen molar-refractivity contribution in [2.24, 2.45) is 0 Å². The molecule has 0 fully saturated rings. The summed E-state index contributed by atoms with van der Waals surface area (Å²) in [5.41, 5.74) is 3.40. The number of para-hydroxylation sites is 1. The average Bonchev–Trinajstić information content (AvgIpc) is 2.47. The molecule has 0 amide bonds. The first-order chi connectivity index (χ1) is 9.33. The van der Waals surface area contributed by atoms with E-state index in [9.17, 15) is 0 Å². The van der Waals surface area contributed by atoms with E-state index in [1.165, 1.54) is 10.9 Å². The molecule has 3 rings (SSSR count). The fraction of sp³-hybridized carbons (Fsp3) is 0.0625. The van der Waals surface area contributed by atoms with E-state index in [2.05, 4.69) is 65.2 Å². The van der Waals surface area contributed by atoms with E-state index in [-0.39, 0.29) is 0 Å². The van der Waals surface area contributed by atoms with Gasteiger partial charge in [-0.25, -0.2) is 0 Å². The highest BCUT2D eigenvalue weighted by molar-refractivity contribution is 8.00. The average molecular weight is 266 g/mol. The molecule has 0 saturated heterocycles. The molecule has 0 aliphatic heterocycles. The Bertz CT molecular complexity index is 687. The molecule has 1 heterocycles. The van der Waals surface area contributed by atoms with Crippen molar-refractivity contribution >= 4 is 28.5 Å². The first-order valence-electron chi connectivity index (χ1n) is 6.16. The second kappa shape index (κ2) is 5.33. The van der Waals surface area contributed by atoms with E-state index in [1.54, 1.807) is 11.9 Å². The number of anilines is 1. The SMILES string of the molecule is Cc1ccc(NSc2cccc3cccnc23)cc1. The van der Waals surface area contributed by atoms with Crippen LogP contribution in [-0.2, 0) is 0 Å². The van der Waals surface area contributed by atoms with Crippen molar-refractivity contribution in [3.8, 4) is 0 Å². The molecular weight excluding hydrogens is 252 g/mol. The lowest BCUT2D eigenvalue weighted by molar-refractivity contribution is 1.35. The van der Waals surface area contributed by atoms with E-state index in [0.29, 0.717) is 0 Å². The molecule has 3 heteroatoms. The molecule has 3 aromatic rings. The predicted octanol–water partition coefficient (Wildman–Crippen LogP) is 4.66. The highest BCUT2D eigenvalue weighted by atomic mass is 32.2. The molecule has 19 heavy (non-hydrogen) atoms. The third-order valence-electron chi connectivity index (χ3n) is 2.93. The Kier molecular flexibility index (Phi) is 3.38. The summed E-state index contributed by atoms with van der Waals surface area (Å²) in [4.78, 5) is 5.58. The van der Waals surface area contributed by atoms with Crippen molar-refractivity contribution in [3.63, 3.8) is 0 Å². The van der Waals surface area contributed by atoms with Gasteiger partial charge in [0.25, 0.3) is 0 Å². The molecule has 0 unspecified atom stereocenters. The van der Waals surface area contributed by atoms with Gasteiger partial charge in [-0.15, -0.1) is 0 Å². The Morgan fingerprint density at radius 2 is 1.74 bits per heavy atom. The number of aromatic nitrogens is 1. The summed E-state index contributed by atoms with van der Waals surface area (Å²) in [6, 6.07) is 18.6. The van der Waals surface area contributed by atoms with E-state index in [0.717, 1.165) is 16.1 Å². The maximum Gasteiger partial charge on any atom is 0.0855 e. The summed E-state index contributed by atoms with van der Waals surface area (Å²) in [7, 11) is 0. The Morgan fingerprint density at radius 3 is 2.58 bits per heavy atom. The van der Waals surface area contributed by atoms with E-state index in [1.807, 2.05) is 12.3 Å². The predicted molar refractivity (Wildman–Crippen MR) is 82.4 cm³/mol. The van der Waals surface area contributed by atoms with Crippen LogP contribution in [0.2, 0.25) is 0 Å². The van der Waals surface area contributed by atoms with Crippen LogP contribution in [0.25, 0.3) is 10.9 Å². The van der Waals surface area contributed by atoms with Crippen LogP contribution in [0.5, 0.6) is 0 Å². The van der Waals surface area contributed by atoms with E-state index >= 15 is 0 Å². The lowest BCUT2D eigenvalue weighted by atomic mass is 10.2. The van der Waals surface area contributed by atoms with Crippen molar-refractivity contribution in [3.05, 3.63) is 66.4 Å². The molecule has 1 aromatic heterocycles. The molecule has 1 N–H and O–H groups in total. The van der Waals surface area contributed by atoms with Crippen molar-refractivity contribution in [2.45, 2.75) is 11.8 Å². The Morgan fingerprint density at radius 1 is 0.947 bits per heavy atom. The molecule has 2 nitrogen and oxygen atoms in total. The number of fused-ring (bicyclic) bond motifs is 1. The van der Waals surface area contributed by atoms with Crippen molar-refractivity contribution in [1.82, 2.24) is 4.98 Å². The minimum absolute atomic E-state index is 1.04. The zero-order valence-electron chi connectivity index (χ0n) is 10.6. The number of benzene rings is 2. The van der Waals surface area contributed by atoms with Gasteiger partial charge in [-0.3, -0.25) is 4.98 Å². The van der Waals surface area contributed by atoms with Crippen LogP contribution < -0.4 is 4.72 Å². The highest BCUT2D eigenvalue weighted by Gasteiger charge is 2.02. The zero-order chi connectivity index (χ0) is 13.1. The third-order valence-corrected chi connectivity index (χ3v) is 3.81. The number of hydrogen-bond donors (Lipinski definition) is 1. The van der Waals surface area contributed by atoms with Gasteiger partial charge in [-0.05, 0) is 43.1 Å². The standard InChI is InChI=1S/C16H14N2S/c1-12-7-9-14(10-8-12)18-19-15-6-2-4-13-5-3-11-17-16(13)15/h2-11,18H,1H3. The molecule has 0 bridgehead atoms. The monoisotopic (exact) mass is 266 g/mol. The van der Waals surface area contributed by atoms with Crippen LogP contribution in [0, 0.1) is 6.92 Å². The smallest absolute Gasteiger partial charge is 0.0855 e. The summed E-state index contributed by atoms with van der Waals surface area (Å²) in [5, 5.41) is 1.17. The second-order valence-electron chi connectivity index (χ2n) is 4.40. The number of nitrogens with zero attached hydrogens (tertiary/aromatic N) is 1. The number of nitrogens with one attached hydrogen (secondary N) is 1. The fourth-order valence-corrected chi connectivity index (χ4v) is 2.67. The minimum atomic E-state index is 1.04. The van der Waals surface area contributed by atoms with Crippen LogP contribution in [0.3, 0.4) is 0 Å². The highest BCUT2D eigenvalue weighted by Crippen LogP contribution is 2.27. The molecule has 0 spiro atoms. The summed E-state index contributed by atoms with van der Waals surface area (Å²) in [6.45, 7) is 2.09. The number of aryl methyl sites for hydroxylation is 1. The molecular formula is C16H14N2S. The number of pyridine rings is 1. The van der Waals surface area contributed by atoms with Gasteiger partial charge in [0.15, 0.2) is 0 Å². The lowest BCUT2D eigenvalue weighted by Gasteiger charge is -2.07. The van der Waals surface area contributed by atoms with E-state index in [4.69, 9.17) is 0 Å². The van der Waals surface area contributed by atoms with Crippen LogP contribution in [-0.4, -0.2) is 4.98 Å². The van der Waals surface area contributed by atoms with Crippen LogP contribution >= 0.6 is 11.9 Å². The van der Waals surface area contributed by atoms with Crippen molar-refractivity contribution in [1.29, 1.82) is 0 Å². The molecule has 0 radical (unpaired) electrons. The normalized spacial score (nSPS) is 10.6. The van der Waals surface area contributed by atoms with Crippen LogP contribution in [0.15, 0.2) is 65.7 Å². The van der Waals surface area contributed by atoms with Gasteiger partial charge >= 0.3 is 0 Å². The van der Waals surface area contributed by atoms with Crippen LogP contribution in [0.4, 0.5) is 5.69 Å². The van der Waals surface area contributed by atoms with Gasteiger partial charge in [-0.2, -0.15) is 0 Å². The largest absolute Gasteiger partial charge is 0.326 e. The quantitative estimate of drug-likeness (QED) is 0.698. The number of rotatable bonds is 3. The zero-order valence-corrected chi connectivity index (χ0v) is 11.4. The fourth-order valence-electron chi connectivity index (χ4n) is 1.89. The number of hydrogen-bond acceptors (Lipinski definition) is 3. The molecule has 94 valence electrons. The third kappa shape index (κ3) is 2.71. The Labute approximate surface area is 117 Å². The molecule has 0 saturated carbocycles. The van der Waals surface area contributed by atoms with Gasteiger partial charge in [0, 0.05) is 17.3 Å². The first kappa shape index (κ1) is 12.1. The summed E-state index contributed by atoms with van der Waals surface area (Å²) in [6.07, 6.45) is 1.83. The van der Waals surface area contributed by atoms with Crippen molar-refractivity contribution < 1.29 is 0 Å². The Balaban J connectivity index is 1.84. The maximum atomic E-state index is 4.45. The Hall–Kier alpha value is -2.00. The molecule has 0 aliphatic carbocycles. The first-order valence-corrected chi connectivity index (χ1v) is 6.98. The van der Waals surface area contributed by atoms with Crippen LogP contribution in [0.1, 0.15) is 5.56 Å². The summed E-state index contributed by atoms with van der Waals surface area (Å²) >= 11 is 1.60. The summed E-state index contributed by atoms with van der Waals surface area (Å²) < 4.78 is 3.36. The summed E-state index contributed by atoms with van der Waals surface area (Å²) in [5.74, 6) is 0. The van der Waals surface area contributed by atoms with Gasteiger partial charge < -0.3 is 4.72 Å². The minimum Gasteiger partial charge on any atom is -0.326 e. The topological polar surface area (TPSA) is 24.9 Å². The molecule has 2 aromatic carbocycles. The second-order valence-corrected chi connectivity index (χ2v) is 5.25. The van der Waals surface area contributed by atoms with E-state index < -0.39 is 0 Å². The van der Waals surface area contributed by atoms with Crippen molar-refractivity contribution in [2.75, 3.05) is 4.72 Å². The lowest BCUT2D eigenvalue weighted by Crippen LogP contribution is -1.88.